The van der Waals surface area contributed by atoms with E-state index in [1.54, 1.807) is 0 Å². The van der Waals surface area contributed by atoms with Gasteiger partial charge in [-0.3, -0.25) is 0 Å². The zero-order valence-corrected chi connectivity index (χ0v) is 11.7. The average molecular weight is 275 g/mol. The third kappa shape index (κ3) is 1.86. The summed E-state index contributed by atoms with van der Waals surface area (Å²) >= 11 is 0. The summed E-state index contributed by atoms with van der Waals surface area (Å²) in [6.45, 7) is 1.73. The van der Waals surface area contributed by atoms with Gasteiger partial charge in [-0.2, -0.15) is 0 Å². The molecular formula is C18H17N3. The summed E-state index contributed by atoms with van der Waals surface area (Å²) in [5.41, 5.74) is 11.9. The van der Waals surface area contributed by atoms with Crippen molar-refractivity contribution in [3.63, 3.8) is 0 Å². The van der Waals surface area contributed by atoms with E-state index in [0.29, 0.717) is 0 Å². The molecule has 0 bridgehead atoms. The van der Waals surface area contributed by atoms with Crippen LogP contribution in [-0.4, -0.2) is 11.1 Å². The van der Waals surface area contributed by atoms with E-state index in [0.717, 1.165) is 24.2 Å². The van der Waals surface area contributed by atoms with Crippen molar-refractivity contribution in [2.45, 2.75) is 6.54 Å². The van der Waals surface area contributed by atoms with E-state index in [2.05, 4.69) is 52.4 Å². The molecule has 2 heterocycles. The van der Waals surface area contributed by atoms with Crippen LogP contribution in [0.15, 0.2) is 54.6 Å². The lowest BCUT2D eigenvalue weighted by Gasteiger charge is -2.11. The number of nitrogens with zero attached hydrogens (tertiary/aromatic N) is 1. The second-order valence-electron chi connectivity index (χ2n) is 5.31. The third-order valence-electron chi connectivity index (χ3n) is 4.02. The maximum Gasteiger partial charge on any atom is 0.0559 e. The average Bonchev–Trinajstić information content (AvgIpc) is 2.67. The lowest BCUT2D eigenvalue weighted by Crippen LogP contribution is -2.14. The molecule has 2 aromatic carbocycles. The van der Waals surface area contributed by atoms with Crippen LogP contribution in [0.1, 0.15) is 11.3 Å². The van der Waals surface area contributed by atoms with Crippen LogP contribution in [0.4, 0.5) is 5.69 Å². The molecule has 0 saturated carbocycles. The number of nitrogens with two attached hydrogens (primary N) is 1. The Morgan fingerprint density at radius 1 is 1.00 bits per heavy atom. The summed E-state index contributed by atoms with van der Waals surface area (Å²) in [4.78, 5) is 0. The molecule has 0 saturated heterocycles. The van der Waals surface area contributed by atoms with E-state index < -0.39 is 0 Å². The molecule has 3 aromatic rings. The first-order valence-electron chi connectivity index (χ1n) is 7.21. The predicted octanol–water partition coefficient (Wildman–Crippen LogP) is 3.33. The van der Waals surface area contributed by atoms with Crippen LogP contribution < -0.4 is 11.1 Å². The minimum absolute atomic E-state index is 0.838. The molecule has 0 atom stereocenters. The summed E-state index contributed by atoms with van der Waals surface area (Å²) in [6, 6.07) is 16.6. The Morgan fingerprint density at radius 3 is 2.71 bits per heavy atom. The Labute approximate surface area is 123 Å². The fourth-order valence-electron chi connectivity index (χ4n) is 3.12. The summed E-state index contributed by atoms with van der Waals surface area (Å²) in [5, 5.41) is 4.59. The fraction of sp³-hybridized carbons (Fsp3) is 0.111. The van der Waals surface area contributed by atoms with Crippen molar-refractivity contribution in [3.8, 4) is 5.69 Å². The highest BCUT2D eigenvalue weighted by atomic mass is 15.0. The van der Waals surface area contributed by atoms with Gasteiger partial charge < -0.3 is 15.6 Å². The van der Waals surface area contributed by atoms with Gasteiger partial charge in [0.15, 0.2) is 0 Å². The van der Waals surface area contributed by atoms with Crippen molar-refractivity contribution in [2.75, 3.05) is 12.3 Å². The quantitative estimate of drug-likeness (QED) is 0.669. The van der Waals surface area contributed by atoms with Gasteiger partial charge in [-0.05, 0) is 24.3 Å². The first-order valence-corrected chi connectivity index (χ1v) is 7.21. The van der Waals surface area contributed by atoms with E-state index in [-0.39, 0.29) is 0 Å². The summed E-state index contributed by atoms with van der Waals surface area (Å²) in [7, 11) is 0. The molecule has 4 rings (SSSR count). The van der Waals surface area contributed by atoms with Gasteiger partial charge in [0.1, 0.15) is 0 Å². The SMILES string of the molecule is Nc1cccc2c1c1c(n2-c2ccccc2)CNCC=C1. The largest absolute Gasteiger partial charge is 0.398 e. The molecule has 21 heavy (non-hydrogen) atoms. The number of anilines is 1. The number of benzene rings is 2. The van der Waals surface area contributed by atoms with Gasteiger partial charge in [0.2, 0.25) is 0 Å². The Bertz CT molecular complexity index is 829. The summed E-state index contributed by atoms with van der Waals surface area (Å²) in [6.07, 6.45) is 4.35. The van der Waals surface area contributed by atoms with Crippen molar-refractivity contribution in [1.29, 1.82) is 0 Å². The molecule has 1 aliphatic rings. The Kier molecular flexibility index (Phi) is 2.79. The van der Waals surface area contributed by atoms with Crippen molar-refractivity contribution >= 4 is 22.7 Å². The van der Waals surface area contributed by atoms with Gasteiger partial charge in [-0.15, -0.1) is 0 Å². The number of para-hydroxylation sites is 1. The molecule has 0 aliphatic carbocycles. The van der Waals surface area contributed by atoms with Crippen molar-refractivity contribution in [2.24, 2.45) is 0 Å². The maximum absolute atomic E-state index is 6.26. The zero-order chi connectivity index (χ0) is 14.2. The predicted molar refractivity (Wildman–Crippen MR) is 88.4 cm³/mol. The molecule has 3 heteroatoms. The zero-order valence-electron chi connectivity index (χ0n) is 11.7. The Balaban J connectivity index is 2.14. The van der Waals surface area contributed by atoms with Gasteiger partial charge in [-0.1, -0.05) is 36.4 Å². The molecule has 3 nitrogen and oxygen atoms in total. The van der Waals surface area contributed by atoms with E-state index >= 15 is 0 Å². The molecule has 0 unspecified atom stereocenters. The number of nitrogen functional groups attached to an aromatic ring is 1. The number of rotatable bonds is 1. The topological polar surface area (TPSA) is 43.0 Å². The summed E-state index contributed by atoms with van der Waals surface area (Å²) < 4.78 is 2.31. The number of hydrogen-bond acceptors (Lipinski definition) is 2. The monoisotopic (exact) mass is 275 g/mol. The van der Waals surface area contributed by atoms with Crippen LogP contribution in [0.25, 0.3) is 22.7 Å². The van der Waals surface area contributed by atoms with Crippen molar-refractivity contribution < 1.29 is 0 Å². The highest BCUT2D eigenvalue weighted by Gasteiger charge is 2.18. The lowest BCUT2D eigenvalue weighted by molar-refractivity contribution is 0.734. The molecule has 0 amide bonds. The highest BCUT2D eigenvalue weighted by Crippen LogP contribution is 2.34. The van der Waals surface area contributed by atoms with E-state index in [1.807, 2.05) is 18.2 Å². The van der Waals surface area contributed by atoms with Crippen molar-refractivity contribution in [1.82, 2.24) is 9.88 Å². The molecule has 0 radical (unpaired) electrons. The van der Waals surface area contributed by atoms with E-state index in [1.165, 1.54) is 22.5 Å². The van der Waals surface area contributed by atoms with Crippen LogP contribution in [0, 0.1) is 0 Å². The second kappa shape index (κ2) is 4.79. The van der Waals surface area contributed by atoms with Gasteiger partial charge >= 0.3 is 0 Å². The van der Waals surface area contributed by atoms with Crippen LogP contribution in [0.5, 0.6) is 0 Å². The van der Waals surface area contributed by atoms with E-state index in [4.69, 9.17) is 5.73 Å². The van der Waals surface area contributed by atoms with Gasteiger partial charge in [0.05, 0.1) is 5.52 Å². The lowest BCUT2D eigenvalue weighted by atomic mass is 10.1. The van der Waals surface area contributed by atoms with Gasteiger partial charge in [0, 0.05) is 41.1 Å². The Morgan fingerprint density at radius 2 is 1.86 bits per heavy atom. The first kappa shape index (κ1) is 12.2. The molecule has 1 aliphatic heterocycles. The molecular weight excluding hydrogens is 258 g/mol. The smallest absolute Gasteiger partial charge is 0.0559 e. The minimum Gasteiger partial charge on any atom is -0.398 e. The van der Waals surface area contributed by atoms with Gasteiger partial charge in [0.25, 0.3) is 0 Å². The minimum atomic E-state index is 0.838. The van der Waals surface area contributed by atoms with Crippen molar-refractivity contribution in [3.05, 3.63) is 65.9 Å². The van der Waals surface area contributed by atoms with Crippen LogP contribution >= 0.6 is 0 Å². The third-order valence-corrected chi connectivity index (χ3v) is 4.02. The maximum atomic E-state index is 6.26. The summed E-state index contributed by atoms with van der Waals surface area (Å²) in [5.74, 6) is 0. The van der Waals surface area contributed by atoms with Gasteiger partial charge in [-0.25, -0.2) is 0 Å². The fourth-order valence-corrected chi connectivity index (χ4v) is 3.12. The normalized spacial score (nSPS) is 14.1. The number of aromatic nitrogens is 1. The molecule has 1 aromatic heterocycles. The molecule has 0 spiro atoms. The number of fused-ring (bicyclic) bond motifs is 3. The molecule has 104 valence electrons. The standard InChI is InChI=1S/C18H17N3/c19-15-9-4-10-16-18(15)14-8-5-11-20-12-17(14)21(16)13-6-2-1-3-7-13/h1-10,20H,11-12,19H2. The molecule has 0 fully saturated rings. The second-order valence-corrected chi connectivity index (χ2v) is 5.31. The van der Waals surface area contributed by atoms with E-state index in [9.17, 15) is 0 Å². The van der Waals surface area contributed by atoms with Crippen LogP contribution in [0.3, 0.4) is 0 Å². The molecule has 3 N–H and O–H groups in total. The van der Waals surface area contributed by atoms with Crippen LogP contribution in [-0.2, 0) is 6.54 Å². The van der Waals surface area contributed by atoms with Crippen LogP contribution in [0.2, 0.25) is 0 Å². The number of nitrogens with one attached hydrogen (secondary N) is 1. The number of hydrogen-bond donors (Lipinski definition) is 2. The highest BCUT2D eigenvalue weighted by molar-refractivity contribution is 6.00. The first-order chi connectivity index (χ1) is 10.4. The Hall–Kier alpha value is -2.52.